The fourth-order valence-corrected chi connectivity index (χ4v) is 3.58. The predicted octanol–water partition coefficient (Wildman–Crippen LogP) is 5.61. The van der Waals surface area contributed by atoms with Gasteiger partial charge in [-0.15, -0.1) is 0 Å². The molecule has 11 heteroatoms. The van der Waals surface area contributed by atoms with Crippen molar-refractivity contribution in [1.29, 1.82) is 0 Å². The van der Waals surface area contributed by atoms with Gasteiger partial charge >= 0.3 is 11.9 Å². The van der Waals surface area contributed by atoms with Crippen LogP contribution in [0.15, 0.2) is 48.5 Å². The molecule has 45 heavy (non-hydrogen) atoms. The summed E-state index contributed by atoms with van der Waals surface area (Å²) in [5.74, 6) is 1.11. The number of carbonyl (C=O) groups excluding carboxylic acids is 2. The quantitative estimate of drug-likeness (QED) is 0.0585. The van der Waals surface area contributed by atoms with Crippen molar-refractivity contribution in [3.63, 3.8) is 0 Å². The number of aliphatic hydroxyl groups is 4. The Morgan fingerprint density at radius 2 is 0.867 bits per heavy atom. The number of hydrogen-bond acceptors (Lipinski definition) is 10. The second kappa shape index (κ2) is 25.9. The minimum Gasteiger partial charge on any atom is -0.494 e. The summed E-state index contributed by atoms with van der Waals surface area (Å²) in [6, 6.07) is 13.3. The van der Waals surface area contributed by atoms with Crippen molar-refractivity contribution in [3.05, 3.63) is 59.7 Å². The molecule has 0 aliphatic rings. The smallest absolute Gasteiger partial charge is 0.308 e. The Kier molecular flexibility index (Phi) is 24.6. The molecule has 0 radical (unpaired) electrons. The van der Waals surface area contributed by atoms with Gasteiger partial charge in [-0.05, 0) is 75.6 Å². The zero-order chi connectivity index (χ0) is 32.7. The second-order valence-corrected chi connectivity index (χ2v) is 10.7. The fraction of sp³-hybridized carbons (Fsp3) is 0.588. The second-order valence-electron chi connectivity index (χ2n) is 10.7. The molecule has 2 unspecified atom stereocenters. The summed E-state index contributed by atoms with van der Waals surface area (Å²) in [5, 5.41) is 35.9. The molecule has 2 aromatic rings. The Morgan fingerprint density at radius 1 is 0.556 bits per heavy atom. The first kappa shape index (κ1) is 42.7. The van der Waals surface area contributed by atoms with Crippen molar-refractivity contribution in [2.75, 3.05) is 26.4 Å². The number of esters is 2. The Morgan fingerprint density at radius 3 is 1.16 bits per heavy atom. The zero-order valence-corrected chi connectivity index (χ0v) is 31.4. The standard InChI is InChI=1S/2C17H26O5.Cd/c2*1-3-13(2)17(20)22-12-6-4-5-11-21-15-9-7-14(8-10-15)16(18)19;/h2*7-10,13,16,18-19H,3-6,11-12H2,1-2H3;. The van der Waals surface area contributed by atoms with Crippen LogP contribution >= 0.6 is 0 Å². The van der Waals surface area contributed by atoms with Gasteiger partial charge in [0.2, 0.25) is 0 Å². The summed E-state index contributed by atoms with van der Waals surface area (Å²) in [6.07, 6.45) is 4.00. The van der Waals surface area contributed by atoms with Crippen LogP contribution < -0.4 is 9.47 Å². The van der Waals surface area contributed by atoms with Gasteiger partial charge in [0, 0.05) is 38.4 Å². The van der Waals surface area contributed by atoms with E-state index in [1.165, 1.54) is 0 Å². The van der Waals surface area contributed by atoms with Crippen molar-refractivity contribution in [2.24, 2.45) is 11.8 Å². The number of ether oxygens (including phenoxy) is 4. The molecule has 0 spiro atoms. The zero-order valence-electron chi connectivity index (χ0n) is 27.4. The van der Waals surface area contributed by atoms with E-state index in [9.17, 15) is 9.59 Å². The van der Waals surface area contributed by atoms with Gasteiger partial charge in [0.25, 0.3) is 0 Å². The first-order valence-electron chi connectivity index (χ1n) is 15.6. The van der Waals surface area contributed by atoms with Gasteiger partial charge < -0.3 is 39.4 Å². The summed E-state index contributed by atoms with van der Waals surface area (Å²) in [7, 11) is 0. The van der Waals surface area contributed by atoms with E-state index < -0.39 is 12.6 Å². The van der Waals surface area contributed by atoms with Crippen LogP contribution in [0.25, 0.3) is 0 Å². The van der Waals surface area contributed by atoms with E-state index in [1.54, 1.807) is 48.5 Å². The molecule has 0 amide bonds. The number of unbranched alkanes of at least 4 members (excludes halogenated alkanes) is 4. The van der Waals surface area contributed by atoms with Crippen LogP contribution in [0.2, 0.25) is 0 Å². The molecule has 0 fully saturated rings. The molecule has 0 heterocycles. The molecule has 2 atom stereocenters. The first-order chi connectivity index (χ1) is 21.1. The van der Waals surface area contributed by atoms with E-state index in [-0.39, 0.29) is 51.1 Å². The van der Waals surface area contributed by atoms with E-state index >= 15 is 0 Å². The molecule has 2 rings (SSSR count). The van der Waals surface area contributed by atoms with Crippen LogP contribution in [0.4, 0.5) is 0 Å². The largest absolute Gasteiger partial charge is 0.494 e. The predicted molar refractivity (Wildman–Crippen MR) is 167 cm³/mol. The summed E-state index contributed by atoms with van der Waals surface area (Å²) >= 11 is 0. The van der Waals surface area contributed by atoms with Crippen LogP contribution in [0.1, 0.15) is 103 Å². The average Bonchev–Trinajstić information content (AvgIpc) is 3.03. The number of aliphatic hydroxyl groups excluding tert-OH is 2. The van der Waals surface area contributed by atoms with Crippen LogP contribution in [0.3, 0.4) is 0 Å². The topological polar surface area (TPSA) is 152 Å². The SMILES string of the molecule is CCC(C)C(=O)OCCCCCOc1ccc(C(O)O)cc1.CCC(C)C(=O)OCCCCCOc1ccc(C(O)O)cc1.[Cd]. The van der Waals surface area contributed by atoms with Gasteiger partial charge in [0.15, 0.2) is 12.6 Å². The van der Waals surface area contributed by atoms with E-state index in [1.807, 2.05) is 27.7 Å². The maximum atomic E-state index is 11.4. The van der Waals surface area contributed by atoms with Crippen LogP contribution in [0.5, 0.6) is 11.5 Å². The van der Waals surface area contributed by atoms with Gasteiger partial charge in [-0.2, -0.15) is 0 Å². The molecule has 0 saturated carbocycles. The molecule has 0 bridgehead atoms. The van der Waals surface area contributed by atoms with Gasteiger partial charge in [0.05, 0.1) is 38.3 Å². The number of rotatable bonds is 20. The summed E-state index contributed by atoms with van der Waals surface area (Å²) < 4.78 is 21.4. The molecule has 0 aliphatic carbocycles. The molecule has 0 aliphatic heterocycles. The fourth-order valence-electron chi connectivity index (χ4n) is 3.58. The Labute approximate surface area is 288 Å². The third kappa shape index (κ3) is 19.8. The first-order valence-corrected chi connectivity index (χ1v) is 15.6. The summed E-state index contributed by atoms with van der Waals surface area (Å²) in [5.41, 5.74) is 0.881. The van der Waals surface area contributed by atoms with E-state index in [4.69, 9.17) is 39.4 Å². The Balaban J connectivity index is 0.000000842. The molecular formula is C34H52CdO10. The van der Waals surface area contributed by atoms with E-state index in [0.717, 1.165) is 51.4 Å². The van der Waals surface area contributed by atoms with Crippen LogP contribution in [-0.4, -0.2) is 58.8 Å². The molecule has 0 saturated heterocycles. The minimum absolute atomic E-state index is 0. The van der Waals surface area contributed by atoms with E-state index in [0.29, 0.717) is 49.1 Å². The average molecular weight is 733 g/mol. The monoisotopic (exact) mass is 734 g/mol. The third-order valence-electron chi connectivity index (χ3n) is 6.99. The normalized spacial score (nSPS) is 12.0. The minimum atomic E-state index is -1.45. The Hall–Kier alpha value is -2.26. The molecule has 10 nitrogen and oxygen atoms in total. The van der Waals surface area contributed by atoms with Crippen molar-refractivity contribution in [1.82, 2.24) is 0 Å². The van der Waals surface area contributed by atoms with Crippen LogP contribution in [0, 0.1) is 11.8 Å². The molecule has 4 N–H and O–H groups in total. The maximum absolute atomic E-state index is 11.4. The maximum Gasteiger partial charge on any atom is 0.308 e. The van der Waals surface area contributed by atoms with Gasteiger partial charge in [-0.25, -0.2) is 0 Å². The van der Waals surface area contributed by atoms with Crippen molar-refractivity contribution in [3.8, 4) is 11.5 Å². The Bertz CT molecular complexity index is 945. The van der Waals surface area contributed by atoms with Crippen molar-refractivity contribution < 1.29 is 76.3 Å². The molecular weight excluding hydrogens is 681 g/mol. The summed E-state index contributed by atoms with van der Waals surface area (Å²) in [4.78, 5) is 22.9. The third-order valence-corrected chi connectivity index (χ3v) is 6.99. The molecule has 0 aromatic heterocycles. The van der Waals surface area contributed by atoms with Crippen molar-refractivity contribution >= 4 is 11.9 Å². The van der Waals surface area contributed by atoms with Gasteiger partial charge in [-0.3, -0.25) is 9.59 Å². The number of carbonyl (C=O) groups is 2. The van der Waals surface area contributed by atoms with E-state index in [2.05, 4.69) is 0 Å². The number of hydrogen-bond donors (Lipinski definition) is 4. The van der Waals surface area contributed by atoms with Crippen molar-refractivity contribution in [2.45, 2.75) is 91.6 Å². The van der Waals surface area contributed by atoms with Crippen LogP contribution in [-0.2, 0) is 46.4 Å². The van der Waals surface area contributed by atoms with Gasteiger partial charge in [0.1, 0.15) is 11.5 Å². The number of benzene rings is 2. The molecule has 2 aromatic carbocycles. The van der Waals surface area contributed by atoms with Gasteiger partial charge in [-0.1, -0.05) is 52.0 Å². The molecule has 250 valence electrons. The summed E-state index contributed by atoms with van der Waals surface area (Å²) in [6.45, 7) is 9.78.